The third kappa shape index (κ3) is 7.07. The zero-order valence-electron chi connectivity index (χ0n) is 18.8. The predicted octanol–water partition coefficient (Wildman–Crippen LogP) is 5.60. The molecule has 1 saturated heterocycles. The van der Waals surface area contributed by atoms with E-state index in [1.807, 2.05) is 37.3 Å². The Morgan fingerprint density at radius 3 is 2.42 bits per heavy atom. The van der Waals surface area contributed by atoms with Gasteiger partial charge >= 0.3 is 0 Å². The molecule has 0 amide bonds. The quantitative estimate of drug-likeness (QED) is 0.440. The van der Waals surface area contributed by atoms with Crippen LogP contribution in [0, 0.1) is 18.3 Å². The van der Waals surface area contributed by atoms with Gasteiger partial charge in [-0.15, -0.1) is 0 Å². The minimum atomic E-state index is 0.585. The van der Waals surface area contributed by atoms with Crippen molar-refractivity contribution in [2.24, 2.45) is 0 Å². The summed E-state index contributed by atoms with van der Waals surface area (Å²) in [5.74, 6) is 1.51. The maximum atomic E-state index is 9.15. The molecule has 3 rings (SSSR count). The smallest absolute Gasteiger partial charge is 0.133 e. The summed E-state index contributed by atoms with van der Waals surface area (Å²) in [6.45, 7) is 11.7. The Morgan fingerprint density at radius 2 is 1.77 bits per heavy atom. The molecular weight excluding hydrogens is 450 g/mol. The van der Waals surface area contributed by atoms with Gasteiger partial charge in [-0.2, -0.15) is 5.26 Å². The van der Waals surface area contributed by atoms with E-state index in [0.29, 0.717) is 5.92 Å². The molecule has 166 valence electrons. The van der Waals surface area contributed by atoms with Gasteiger partial charge in [-0.1, -0.05) is 31.2 Å². The van der Waals surface area contributed by atoms with Gasteiger partial charge in [0.05, 0.1) is 16.1 Å². The van der Waals surface area contributed by atoms with E-state index in [1.54, 1.807) is 0 Å². The average Bonchev–Trinajstić information content (AvgIpc) is 2.79. The van der Waals surface area contributed by atoms with Crippen LogP contribution >= 0.6 is 15.9 Å². The monoisotopic (exact) mass is 483 g/mol. The second kappa shape index (κ2) is 12.2. The Labute approximate surface area is 195 Å². The number of hydrogen-bond acceptors (Lipinski definition) is 4. The molecule has 0 bridgehead atoms. The zero-order chi connectivity index (χ0) is 22.1. The summed E-state index contributed by atoms with van der Waals surface area (Å²) in [4.78, 5) is 5.10. The number of piperazine rings is 1. The summed E-state index contributed by atoms with van der Waals surface area (Å²) in [5.41, 5.74) is 3.27. The number of aryl methyl sites for hydroxylation is 1. The molecule has 0 N–H and O–H groups in total. The lowest BCUT2D eigenvalue weighted by molar-refractivity contribution is 0.115. The van der Waals surface area contributed by atoms with E-state index in [2.05, 4.69) is 50.9 Å². The molecule has 4 nitrogen and oxygen atoms in total. The lowest BCUT2D eigenvalue weighted by atomic mass is 9.90. The Bertz CT molecular complexity index is 871. The van der Waals surface area contributed by atoms with Crippen molar-refractivity contribution < 1.29 is 4.74 Å². The van der Waals surface area contributed by atoms with Crippen molar-refractivity contribution in [3.63, 3.8) is 0 Å². The molecule has 31 heavy (non-hydrogen) atoms. The van der Waals surface area contributed by atoms with E-state index in [4.69, 9.17) is 10.00 Å². The number of nitriles is 1. The molecule has 0 aromatic heterocycles. The topological polar surface area (TPSA) is 39.5 Å². The number of ether oxygens (including phenoxy) is 1. The zero-order valence-corrected chi connectivity index (χ0v) is 20.4. The summed E-state index contributed by atoms with van der Waals surface area (Å²) in [6.07, 6.45) is 3.58. The first-order valence-corrected chi connectivity index (χ1v) is 12.2. The van der Waals surface area contributed by atoms with Gasteiger partial charge in [-0.25, -0.2) is 0 Å². The third-order valence-electron chi connectivity index (χ3n) is 6.33. The van der Waals surface area contributed by atoms with Gasteiger partial charge in [0.2, 0.25) is 0 Å². The molecule has 0 spiro atoms. The molecular formula is C26H34BrN3O. The molecule has 0 saturated carbocycles. The lowest BCUT2D eigenvalue weighted by Gasteiger charge is -2.34. The highest BCUT2D eigenvalue weighted by Gasteiger charge is 2.17. The van der Waals surface area contributed by atoms with E-state index >= 15 is 0 Å². The summed E-state index contributed by atoms with van der Waals surface area (Å²) in [6, 6.07) is 16.6. The molecule has 0 radical (unpaired) electrons. The molecule has 1 fully saturated rings. The minimum Gasteiger partial charge on any atom is -0.491 e. The fourth-order valence-corrected chi connectivity index (χ4v) is 4.72. The van der Waals surface area contributed by atoms with Crippen molar-refractivity contribution in [2.45, 2.75) is 39.0 Å². The molecule has 1 unspecified atom stereocenters. The van der Waals surface area contributed by atoms with Crippen LogP contribution in [0.25, 0.3) is 0 Å². The van der Waals surface area contributed by atoms with Gasteiger partial charge in [0.25, 0.3) is 0 Å². The molecule has 5 heteroatoms. The Hall–Kier alpha value is -1.87. The second-order valence-electron chi connectivity index (χ2n) is 8.40. The van der Waals surface area contributed by atoms with Crippen LogP contribution in [0.1, 0.15) is 48.8 Å². The fraction of sp³-hybridized carbons (Fsp3) is 0.500. The first-order valence-electron chi connectivity index (χ1n) is 11.4. The van der Waals surface area contributed by atoms with Crippen molar-refractivity contribution in [2.75, 3.05) is 45.9 Å². The molecule has 2 aromatic carbocycles. The summed E-state index contributed by atoms with van der Waals surface area (Å²) >= 11 is 3.54. The van der Waals surface area contributed by atoms with Gasteiger partial charge in [-0.05, 0) is 83.9 Å². The lowest BCUT2D eigenvalue weighted by Crippen LogP contribution is -2.47. The Balaban J connectivity index is 1.34. The number of nitrogens with zero attached hydrogens (tertiary/aromatic N) is 3. The number of benzene rings is 2. The summed E-state index contributed by atoms with van der Waals surface area (Å²) < 4.78 is 6.93. The third-order valence-corrected chi connectivity index (χ3v) is 6.98. The molecule has 2 aromatic rings. The van der Waals surface area contributed by atoms with Crippen LogP contribution in [-0.4, -0.2) is 55.7 Å². The molecule has 1 aliphatic rings. The van der Waals surface area contributed by atoms with Crippen molar-refractivity contribution >= 4 is 15.9 Å². The fourth-order valence-electron chi connectivity index (χ4n) is 4.32. The van der Waals surface area contributed by atoms with Crippen LogP contribution in [-0.2, 0) is 0 Å². The largest absolute Gasteiger partial charge is 0.491 e. The highest BCUT2D eigenvalue weighted by atomic mass is 79.9. The van der Waals surface area contributed by atoms with Crippen LogP contribution in [0.5, 0.6) is 5.75 Å². The first-order chi connectivity index (χ1) is 15.1. The van der Waals surface area contributed by atoms with Gasteiger partial charge in [0.1, 0.15) is 12.4 Å². The van der Waals surface area contributed by atoms with Crippen molar-refractivity contribution in [1.29, 1.82) is 5.26 Å². The van der Waals surface area contributed by atoms with Crippen molar-refractivity contribution in [3.05, 3.63) is 63.6 Å². The molecule has 1 atom stereocenters. The van der Waals surface area contributed by atoms with Crippen LogP contribution in [0.15, 0.2) is 46.9 Å². The Morgan fingerprint density at radius 1 is 1.06 bits per heavy atom. The van der Waals surface area contributed by atoms with Crippen molar-refractivity contribution in [1.82, 2.24) is 9.80 Å². The highest BCUT2D eigenvalue weighted by Crippen LogP contribution is 2.27. The number of hydrogen-bond donors (Lipinski definition) is 0. The van der Waals surface area contributed by atoms with Crippen LogP contribution in [0.4, 0.5) is 0 Å². The Kier molecular flexibility index (Phi) is 9.39. The van der Waals surface area contributed by atoms with E-state index in [1.165, 1.54) is 24.9 Å². The molecule has 0 aliphatic carbocycles. The maximum absolute atomic E-state index is 9.15. The SMILES string of the molecule is CCC(CCCN1CCN(CCOc2ccccc2Br)CC1)c1ccc(C#N)c(C)c1. The average molecular weight is 484 g/mol. The summed E-state index contributed by atoms with van der Waals surface area (Å²) in [5, 5.41) is 9.15. The highest BCUT2D eigenvalue weighted by molar-refractivity contribution is 9.10. The van der Waals surface area contributed by atoms with E-state index in [9.17, 15) is 0 Å². The van der Waals surface area contributed by atoms with E-state index in [-0.39, 0.29) is 0 Å². The van der Waals surface area contributed by atoms with Crippen LogP contribution in [0.2, 0.25) is 0 Å². The number of para-hydroxylation sites is 1. The van der Waals surface area contributed by atoms with Gasteiger partial charge in [0, 0.05) is 32.7 Å². The minimum absolute atomic E-state index is 0.585. The maximum Gasteiger partial charge on any atom is 0.133 e. The van der Waals surface area contributed by atoms with E-state index < -0.39 is 0 Å². The standard InChI is InChI=1S/C26H34BrN3O/c1-3-22(23-10-11-24(20-28)21(2)19-23)7-6-12-29-13-15-30(16-14-29)17-18-31-26-9-5-4-8-25(26)27/h4-5,8-11,19,22H,3,6-7,12-18H2,1-2H3. The van der Waals surface area contributed by atoms with E-state index in [0.717, 1.165) is 67.1 Å². The van der Waals surface area contributed by atoms with Crippen LogP contribution in [0.3, 0.4) is 0 Å². The molecule has 1 aliphatic heterocycles. The number of halogens is 1. The van der Waals surface area contributed by atoms with Gasteiger partial charge in [0.15, 0.2) is 0 Å². The van der Waals surface area contributed by atoms with Gasteiger partial charge < -0.3 is 9.64 Å². The van der Waals surface area contributed by atoms with Gasteiger partial charge in [-0.3, -0.25) is 4.90 Å². The number of rotatable bonds is 10. The van der Waals surface area contributed by atoms with Crippen LogP contribution < -0.4 is 4.74 Å². The predicted molar refractivity (Wildman–Crippen MR) is 131 cm³/mol. The summed E-state index contributed by atoms with van der Waals surface area (Å²) in [7, 11) is 0. The first kappa shape index (κ1) is 23.8. The molecule has 1 heterocycles. The normalized spacial score (nSPS) is 16.1. The second-order valence-corrected chi connectivity index (χ2v) is 9.25. The van der Waals surface area contributed by atoms with Crippen molar-refractivity contribution in [3.8, 4) is 11.8 Å².